The number of nitrogens with one attached hydrogen (secondary N) is 1. The van der Waals surface area contributed by atoms with Gasteiger partial charge < -0.3 is 0 Å². The van der Waals surface area contributed by atoms with E-state index in [1.807, 2.05) is 0 Å². The van der Waals surface area contributed by atoms with Crippen LogP contribution >= 0.6 is 58.0 Å². The van der Waals surface area contributed by atoms with Gasteiger partial charge in [0.1, 0.15) is 11.5 Å². The fourth-order valence-electron chi connectivity index (χ4n) is 2.16. The van der Waals surface area contributed by atoms with Crippen molar-refractivity contribution in [1.82, 2.24) is 5.43 Å². The van der Waals surface area contributed by atoms with Crippen molar-refractivity contribution in [3.63, 3.8) is 0 Å². The van der Waals surface area contributed by atoms with E-state index in [-0.39, 0.29) is 22.4 Å². The summed E-state index contributed by atoms with van der Waals surface area (Å²) in [7, 11) is 0. The topological polar surface area (TPSA) is 44.7 Å². The van der Waals surface area contributed by atoms with Crippen molar-refractivity contribution >= 4 is 81.1 Å². The Kier molecular flexibility index (Phi) is 5.13. The third kappa shape index (κ3) is 3.58. The Morgan fingerprint density at radius 2 is 1.54 bits per heavy atom. The van der Waals surface area contributed by atoms with Crippen LogP contribution in [0.4, 0.5) is 11.4 Å². The van der Waals surface area contributed by atoms with Crippen LogP contribution < -0.4 is 10.4 Å². The lowest BCUT2D eigenvalue weighted by Gasteiger charge is -2.19. The van der Waals surface area contributed by atoms with Gasteiger partial charge in [-0.3, -0.25) is 10.2 Å². The van der Waals surface area contributed by atoms with Crippen LogP contribution in [-0.4, -0.2) is 11.7 Å². The number of halogens is 5. The summed E-state index contributed by atoms with van der Waals surface area (Å²) in [6.07, 6.45) is 0.0498. The first-order chi connectivity index (χ1) is 11.3. The van der Waals surface area contributed by atoms with Crippen LogP contribution in [0.2, 0.25) is 25.1 Å². The minimum absolute atomic E-state index is 0.0498. The first-order valence-corrected chi connectivity index (χ1v) is 8.51. The third-order valence-electron chi connectivity index (χ3n) is 3.18. The van der Waals surface area contributed by atoms with Crippen molar-refractivity contribution in [3.8, 4) is 0 Å². The third-order valence-corrected chi connectivity index (χ3v) is 4.51. The van der Waals surface area contributed by atoms with Crippen molar-refractivity contribution in [2.45, 2.75) is 6.42 Å². The number of benzene rings is 2. The molecule has 0 radical (unpaired) electrons. The van der Waals surface area contributed by atoms with Gasteiger partial charge in [0.2, 0.25) is 0 Å². The van der Waals surface area contributed by atoms with E-state index in [1.54, 1.807) is 18.2 Å². The van der Waals surface area contributed by atoms with E-state index >= 15 is 0 Å². The van der Waals surface area contributed by atoms with Gasteiger partial charge in [-0.15, -0.1) is 0 Å². The van der Waals surface area contributed by atoms with Crippen LogP contribution in [0.15, 0.2) is 35.3 Å². The Bertz CT molecular complexity index is 845. The van der Waals surface area contributed by atoms with Gasteiger partial charge in [0.05, 0.1) is 27.2 Å². The molecule has 1 aliphatic heterocycles. The molecule has 0 unspecified atom stereocenters. The first-order valence-electron chi connectivity index (χ1n) is 6.62. The molecule has 0 atom stereocenters. The van der Waals surface area contributed by atoms with Crippen molar-refractivity contribution < 1.29 is 4.79 Å². The normalized spacial score (nSPS) is 16.0. The lowest BCUT2D eigenvalue weighted by Crippen LogP contribution is -2.36. The van der Waals surface area contributed by atoms with Gasteiger partial charge in [-0.05, 0) is 30.3 Å². The highest BCUT2D eigenvalue weighted by molar-refractivity contribution is 6.42. The molecular weight excluding hydrogens is 415 g/mol. The molecular formula is C15H8Cl5N3O. The molecule has 0 aromatic heterocycles. The van der Waals surface area contributed by atoms with Crippen LogP contribution in [0.5, 0.6) is 0 Å². The SMILES string of the molecule is O=C1CC(=Nc2ccc(Cl)cc2Cl)NN1c1c(Cl)cc(Cl)cc1Cl. The summed E-state index contributed by atoms with van der Waals surface area (Å²) in [6.45, 7) is 0. The number of rotatable bonds is 2. The zero-order valence-electron chi connectivity index (χ0n) is 11.8. The van der Waals surface area contributed by atoms with Gasteiger partial charge >= 0.3 is 0 Å². The minimum Gasteiger partial charge on any atom is -0.277 e. The molecule has 2 aromatic rings. The van der Waals surface area contributed by atoms with Gasteiger partial charge in [-0.25, -0.2) is 10.0 Å². The predicted molar refractivity (Wildman–Crippen MR) is 100 cm³/mol. The Morgan fingerprint density at radius 1 is 0.917 bits per heavy atom. The van der Waals surface area contributed by atoms with E-state index in [2.05, 4.69) is 10.4 Å². The molecule has 1 N–H and O–H groups in total. The second kappa shape index (κ2) is 6.98. The van der Waals surface area contributed by atoms with E-state index in [9.17, 15) is 4.79 Å². The Hall–Kier alpha value is -1.17. The maximum Gasteiger partial charge on any atom is 0.253 e. The fourth-order valence-corrected chi connectivity index (χ4v) is 3.60. The van der Waals surface area contributed by atoms with Gasteiger partial charge in [0.25, 0.3) is 5.91 Å². The fraction of sp³-hybridized carbons (Fsp3) is 0.0667. The van der Waals surface area contributed by atoms with E-state index in [1.165, 1.54) is 17.1 Å². The summed E-state index contributed by atoms with van der Waals surface area (Å²) in [5.74, 6) is 0.149. The number of amidine groups is 1. The largest absolute Gasteiger partial charge is 0.277 e. The number of hydrogen-bond acceptors (Lipinski definition) is 2. The highest BCUT2D eigenvalue weighted by Crippen LogP contribution is 2.37. The lowest BCUT2D eigenvalue weighted by molar-refractivity contribution is -0.116. The average Bonchev–Trinajstić information content (AvgIpc) is 2.82. The molecule has 0 aliphatic carbocycles. The standard InChI is InChI=1S/C15H8Cl5N3O/c16-7-1-2-12(9(18)3-7)21-13-6-14(24)23(22-13)15-10(19)4-8(17)5-11(15)20/h1-5H,6H2,(H,21,22). The number of nitrogens with zero attached hydrogens (tertiary/aromatic N) is 2. The first kappa shape index (κ1) is 17.6. The van der Waals surface area contributed by atoms with Crippen LogP contribution in [-0.2, 0) is 4.79 Å². The zero-order valence-corrected chi connectivity index (χ0v) is 15.6. The van der Waals surface area contributed by atoms with Gasteiger partial charge in [-0.2, -0.15) is 0 Å². The minimum atomic E-state index is -0.259. The van der Waals surface area contributed by atoms with Gasteiger partial charge in [-0.1, -0.05) is 58.0 Å². The molecule has 24 heavy (non-hydrogen) atoms. The molecule has 1 saturated heterocycles. The highest BCUT2D eigenvalue weighted by atomic mass is 35.5. The molecule has 2 aromatic carbocycles. The number of amides is 1. The molecule has 1 amide bonds. The summed E-state index contributed by atoms with van der Waals surface area (Å²) in [4.78, 5) is 16.6. The quantitative estimate of drug-likeness (QED) is 0.651. The molecule has 1 aliphatic rings. The number of hydrogen-bond donors (Lipinski definition) is 1. The Morgan fingerprint density at radius 3 is 2.17 bits per heavy atom. The Balaban J connectivity index is 1.93. The highest BCUT2D eigenvalue weighted by Gasteiger charge is 2.30. The summed E-state index contributed by atoms with van der Waals surface area (Å²) in [6, 6.07) is 7.90. The molecule has 0 bridgehead atoms. The van der Waals surface area contributed by atoms with E-state index in [0.717, 1.165) is 0 Å². The number of carbonyl (C=O) groups excluding carboxylic acids is 1. The van der Waals surface area contributed by atoms with E-state index in [0.29, 0.717) is 32.3 Å². The average molecular weight is 424 g/mol. The summed E-state index contributed by atoms with van der Waals surface area (Å²) >= 11 is 30.1. The maximum atomic E-state index is 12.3. The van der Waals surface area contributed by atoms with Crippen LogP contribution in [0.1, 0.15) is 6.42 Å². The zero-order chi connectivity index (χ0) is 17.4. The molecule has 124 valence electrons. The molecule has 3 rings (SSSR count). The number of hydrazine groups is 1. The van der Waals surface area contributed by atoms with E-state index in [4.69, 9.17) is 58.0 Å². The maximum absolute atomic E-state index is 12.3. The summed E-state index contributed by atoms with van der Waals surface area (Å²) in [5, 5.41) is 3.00. The second-order valence-corrected chi connectivity index (χ2v) is 6.98. The lowest BCUT2D eigenvalue weighted by atomic mass is 10.3. The molecule has 4 nitrogen and oxygen atoms in total. The monoisotopic (exact) mass is 421 g/mol. The summed E-state index contributed by atoms with van der Waals surface area (Å²) in [5.41, 5.74) is 3.69. The number of carbonyl (C=O) groups is 1. The molecule has 9 heteroatoms. The van der Waals surface area contributed by atoms with E-state index < -0.39 is 0 Å². The molecule has 1 heterocycles. The van der Waals surface area contributed by atoms with Crippen molar-refractivity contribution in [3.05, 3.63) is 55.4 Å². The van der Waals surface area contributed by atoms with Gasteiger partial charge in [0, 0.05) is 10.0 Å². The van der Waals surface area contributed by atoms with Crippen molar-refractivity contribution in [2.75, 3.05) is 5.01 Å². The van der Waals surface area contributed by atoms with Crippen molar-refractivity contribution in [2.24, 2.45) is 4.99 Å². The smallest absolute Gasteiger partial charge is 0.253 e. The molecule has 0 spiro atoms. The number of anilines is 1. The van der Waals surface area contributed by atoms with Crippen molar-refractivity contribution in [1.29, 1.82) is 0 Å². The Labute approximate surface area is 162 Å². The molecule has 1 fully saturated rings. The van der Waals surface area contributed by atoms with Crippen LogP contribution in [0.25, 0.3) is 0 Å². The second-order valence-electron chi connectivity index (χ2n) is 4.89. The summed E-state index contributed by atoms with van der Waals surface area (Å²) < 4.78 is 0. The van der Waals surface area contributed by atoms with Gasteiger partial charge in [0.15, 0.2) is 0 Å². The predicted octanol–water partition coefficient (Wildman–Crippen LogP) is 5.93. The van der Waals surface area contributed by atoms with Crippen LogP contribution in [0, 0.1) is 0 Å². The molecule has 0 saturated carbocycles. The number of aliphatic imine (C=N–C) groups is 1. The van der Waals surface area contributed by atoms with Crippen LogP contribution in [0.3, 0.4) is 0 Å².